The average molecular weight is 362 g/mol. The highest BCUT2D eigenvalue weighted by molar-refractivity contribution is 5.88. The van der Waals surface area contributed by atoms with E-state index in [4.69, 9.17) is 5.11 Å². The lowest BCUT2D eigenvalue weighted by Gasteiger charge is -2.16. The summed E-state index contributed by atoms with van der Waals surface area (Å²) in [6.45, 7) is 3.09. The number of benzene rings is 1. The zero-order valence-electron chi connectivity index (χ0n) is 14.6. The van der Waals surface area contributed by atoms with Crippen molar-refractivity contribution in [3.05, 3.63) is 34.7 Å². The molecule has 0 fully saturated rings. The van der Waals surface area contributed by atoms with Gasteiger partial charge < -0.3 is 20.7 Å². The third kappa shape index (κ3) is 4.95. The van der Waals surface area contributed by atoms with Crippen LogP contribution >= 0.6 is 0 Å². The molecule has 0 bridgehead atoms. The van der Waals surface area contributed by atoms with Gasteiger partial charge in [0.15, 0.2) is 0 Å². The van der Waals surface area contributed by atoms with Crippen LogP contribution in [0.3, 0.4) is 0 Å². The number of carbonyl (C=O) groups excluding carboxylic acids is 2. The molecule has 26 heavy (non-hydrogen) atoms. The molecule has 2 aromatic rings. The number of carboxylic acids is 1. The number of hydrogen-bond acceptors (Lipinski definition) is 4. The number of fused-ring (bicyclic) bond motifs is 1. The van der Waals surface area contributed by atoms with Crippen LogP contribution in [0, 0.1) is 5.92 Å². The molecule has 1 atom stereocenters. The standard InChI is InChI=1S/C17H22N4O5/c1-10(2)7-12(16(24)25)19-14(22)8-18-15(23)9-21-13-6-4-3-5-11(13)20-17(21)26/h3-6,10,12H,7-9H2,1-2H3,(H,18,23)(H,19,22)(H,20,26)(H,24,25)/t12-/m0/s1. The van der Waals surface area contributed by atoms with Crippen molar-refractivity contribution in [3.8, 4) is 0 Å². The van der Waals surface area contributed by atoms with E-state index in [0.29, 0.717) is 17.5 Å². The minimum absolute atomic E-state index is 0.0970. The third-order valence-electron chi connectivity index (χ3n) is 3.77. The van der Waals surface area contributed by atoms with Gasteiger partial charge in [-0.2, -0.15) is 0 Å². The topological polar surface area (TPSA) is 133 Å². The number of aliphatic carboxylic acids is 1. The van der Waals surface area contributed by atoms with E-state index in [1.165, 1.54) is 4.57 Å². The number of carbonyl (C=O) groups is 3. The molecule has 140 valence electrons. The number of carboxylic acid groups (broad SMARTS) is 1. The number of rotatable bonds is 8. The van der Waals surface area contributed by atoms with Gasteiger partial charge in [0, 0.05) is 0 Å². The summed E-state index contributed by atoms with van der Waals surface area (Å²) in [5.41, 5.74) is 0.773. The number of nitrogens with zero attached hydrogens (tertiary/aromatic N) is 1. The van der Waals surface area contributed by atoms with Gasteiger partial charge in [-0.15, -0.1) is 0 Å². The van der Waals surface area contributed by atoms with E-state index in [9.17, 15) is 19.2 Å². The van der Waals surface area contributed by atoms with E-state index < -0.39 is 29.5 Å². The lowest BCUT2D eigenvalue weighted by atomic mass is 10.0. The number of para-hydroxylation sites is 2. The Kier molecular flexibility index (Phi) is 6.16. The van der Waals surface area contributed by atoms with Crippen molar-refractivity contribution < 1.29 is 19.5 Å². The predicted octanol–water partition coefficient (Wildman–Crippen LogP) is 0.0613. The highest BCUT2D eigenvalue weighted by atomic mass is 16.4. The van der Waals surface area contributed by atoms with Gasteiger partial charge in [0.05, 0.1) is 17.6 Å². The van der Waals surface area contributed by atoms with Crippen molar-refractivity contribution in [1.82, 2.24) is 20.2 Å². The van der Waals surface area contributed by atoms with Crippen molar-refractivity contribution >= 4 is 28.8 Å². The Morgan fingerprint density at radius 1 is 1.19 bits per heavy atom. The Morgan fingerprint density at radius 3 is 2.54 bits per heavy atom. The zero-order valence-corrected chi connectivity index (χ0v) is 14.6. The lowest BCUT2D eigenvalue weighted by molar-refractivity contribution is -0.142. The van der Waals surface area contributed by atoms with Gasteiger partial charge in [-0.1, -0.05) is 26.0 Å². The quantitative estimate of drug-likeness (QED) is 0.527. The molecule has 1 aromatic carbocycles. The molecule has 9 heteroatoms. The van der Waals surface area contributed by atoms with E-state index in [1.807, 2.05) is 13.8 Å². The molecule has 0 aliphatic heterocycles. The summed E-state index contributed by atoms with van der Waals surface area (Å²) in [6, 6.07) is 5.94. The van der Waals surface area contributed by atoms with Crippen molar-refractivity contribution in [3.63, 3.8) is 0 Å². The van der Waals surface area contributed by atoms with E-state index in [2.05, 4.69) is 15.6 Å². The Morgan fingerprint density at radius 2 is 1.88 bits per heavy atom. The normalized spacial score (nSPS) is 12.1. The van der Waals surface area contributed by atoms with Gasteiger partial charge in [0.1, 0.15) is 12.6 Å². The fourth-order valence-electron chi connectivity index (χ4n) is 2.58. The molecular weight excluding hydrogens is 340 g/mol. The van der Waals surface area contributed by atoms with Crippen LogP contribution in [0.2, 0.25) is 0 Å². The van der Waals surface area contributed by atoms with Gasteiger partial charge in [0.2, 0.25) is 11.8 Å². The van der Waals surface area contributed by atoms with Crippen LogP contribution in [-0.2, 0) is 20.9 Å². The van der Waals surface area contributed by atoms with Gasteiger partial charge in [-0.25, -0.2) is 9.59 Å². The molecule has 2 rings (SSSR count). The van der Waals surface area contributed by atoms with Crippen molar-refractivity contribution in [2.24, 2.45) is 5.92 Å². The molecular formula is C17H22N4O5. The number of aromatic nitrogens is 2. The summed E-state index contributed by atoms with van der Waals surface area (Å²) in [5, 5.41) is 13.9. The van der Waals surface area contributed by atoms with Crippen LogP contribution < -0.4 is 16.3 Å². The smallest absolute Gasteiger partial charge is 0.326 e. The molecule has 4 N–H and O–H groups in total. The Hall–Kier alpha value is -3.10. The molecule has 1 aromatic heterocycles. The SMILES string of the molecule is CC(C)C[C@H](NC(=O)CNC(=O)Cn1c(=O)[nH]c2ccccc21)C(=O)O. The van der Waals surface area contributed by atoms with Crippen molar-refractivity contribution in [1.29, 1.82) is 0 Å². The molecule has 2 amide bonds. The van der Waals surface area contributed by atoms with Gasteiger partial charge in [-0.05, 0) is 24.5 Å². The first kappa shape index (κ1) is 19.2. The number of amides is 2. The summed E-state index contributed by atoms with van der Waals surface area (Å²) in [4.78, 5) is 49.6. The minimum atomic E-state index is -1.12. The second-order valence-electron chi connectivity index (χ2n) is 6.40. The van der Waals surface area contributed by atoms with Crippen LogP contribution in [-0.4, -0.2) is 45.0 Å². The van der Waals surface area contributed by atoms with Gasteiger partial charge in [0.25, 0.3) is 0 Å². The number of imidazole rings is 1. The van der Waals surface area contributed by atoms with Crippen molar-refractivity contribution in [2.75, 3.05) is 6.54 Å². The maximum Gasteiger partial charge on any atom is 0.326 e. The predicted molar refractivity (Wildman–Crippen MR) is 94.6 cm³/mol. The summed E-state index contributed by atoms with van der Waals surface area (Å²) in [6.07, 6.45) is 0.291. The minimum Gasteiger partial charge on any atom is -0.480 e. The molecule has 0 spiro atoms. The number of H-pyrrole nitrogens is 1. The fraction of sp³-hybridized carbons (Fsp3) is 0.412. The summed E-state index contributed by atoms with van der Waals surface area (Å²) < 4.78 is 1.27. The van der Waals surface area contributed by atoms with E-state index in [-0.39, 0.29) is 19.0 Å². The first-order valence-corrected chi connectivity index (χ1v) is 8.24. The van der Waals surface area contributed by atoms with E-state index in [0.717, 1.165) is 0 Å². The first-order valence-electron chi connectivity index (χ1n) is 8.24. The molecule has 0 saturated carbocycles. The highest BCUT2D eigenvalue weighted by Gasteiger charge is 2.21. The molecule has 9 nitrogen and oxygen atoms in total. The van der Waals surface area contributed by atoms with Crippen LogP contribution in [0.1, 0.15) is 20.3 Å². The number of nitrogens with one attached hydrogen (secondary N) is 3. The highest BCUT2D eigenvalue weighted by Crippen LogP contribution is 2.08. The first-order chi connectivity index (χ1) is 12.3. The Bertz CT molecular complexity index is 867. The van der Waals surface area contributed by atoms with Gasteiger partial charge >= 0.3 is 11.7 Å². The largest absolute Gasteiger partial charge is 0.480 e. The van der Waals surface area contributed by atoms with Crippen LogP contribution in [0.5, 0.6) is 0 Å². The monoisotopic (exact) mass is 362 g/mol. The Balaban J connectivity index is 1.91. The summed E-state index contributed by atoms with van der Waals surface area (Å²) >= 11 is 0. The summed E-state index contributed by atoms with van der Waals surface area (Å²) in [7, 11) is 0. The molecule has 1 heterocycles. The van der Waals surface area contributed by atoms with Crippen LogP contribution in [0.15, 0.2) is 29.1 Å². The molecule has 0 unspecified atom stereocenters. The maximum absolute atomic E-state index is 12.0. The number of aromatic amines is 1. The second-order valence-corrected chi connectivity index (χ2v) is 6.40. The van der Waals surface area contributed by atoms with Gasteiger partial charge in [-0.3, -0.25) is 14.2 Å². The zero-order chi connectivity index (χ0) is 19.3. The average Bonchev–Trinajstić information content (AvgIpc) is 2.87. The van der Waals surface area contributed by atoms with Crippen LogP contribution in [0.4, 0.5) is 0 Å². The molecule has 0 aliphatic carbocycles. The molecule has 0 radical (unpaired) electrons. The summed E-state index contributed by atoms with van der Waals surface area (Å²) in [5.74, 6) is -2.15. The number of hydrogen-bond donors (Lipinski definition) is 4. The van der Waals surface area contributed by atoms with Crippen molar-refractivity contribution in [2.45, 2.75) is 32.9 Å². The third-order valence-corrected chi connectivity index (χ3v) is 3.77. The molecule has 0 saturated heterocycles. The van der Waals surface area contributed by atoms with Crippen LogP contribution in [0.25, 0.3) is 11.0 Å². The lowest BCUT2D eigenvalue weighted by Crippen LogP contribution is -2.46. The van der Waals surface area contributed by atoms with E-state index in [1.54, 1.807) is 24.3 Å². The maximum atomic E-state index is 12.0. The Labute approximate surface area is 149 Å². The molecule has 0 aliphatic rings. The second kappa shape index (κ2) is 8.32. The fourth-order valence-corrected chi connectivity index (χ4v) is 2.58. The van der Waals surface area contributed by atoms with E-state index >= 15 is 0 Å².